The molecular weight excluding hydrogens is 252 g/mol. The van der Waals surface area contributed by atoms with Gasteiger partial charge in [0.25, 0.3) is 10.2 Å². The van der Waals surface area contributed by atoms with Gasteiger partial charge >= 0.3 is 0 Å². The van der Waals surface area contributed by atoms with Crippen molar-refractivity contribution in [2.75, 3.05) is 20.1 Å². The number of imidazole rings is 1. The Labute approximate surface area is 108 Å². The lowest BCUT2D eigenvalue weighted by Crippen LogP contribution is -2.45. The lowest BCUT2D eigenvalue weighted by atomic mass is 10.0. The molecule has 102 valence electrons. The van der Waals surface area contributed by atoms with E-state index in [4.69, 9.17) is 0 Å². The third-order valence-corrected chi connectivity index (χ3v) is 5.32. The molecular formula is C11H20N4O2S. The smallest absolute Gasteiger partial charge is 0.282 e. The second kappa shape index (κ2) is 5.38. The van der Waals surface area contributed by atoms with Gasteiger partial charge in [0, 0.05) is 32.5 Å². The van der Waals surface area contributed by atoms with Gasteiger partial charge in [-0.15, -0.1) is 0 Å². The molecule has 1 aliphatic rings. The van der Waals surface area contributed by atoms with Crippen molar-refractivity contribution in [3.05, 3.63) is 18.2 Å². The number of nitrogens with one attached hydrogen (secondary N) is 1. The highest BCUT2D eigenvalue weighted by molar-refractivity contribution is 7.86. The largest absolute Gasteiger partial charge is 0.347 e. The van der Waals surface area contributed by atoms with E-state index in [1.54, 1.807) is 23.7 Å². The van der Waals surface area contributed by atoms with Crippen LogP contribution in [0, 0.1) is 5.92 Å². The number of H-pyrrole nitrogens is 1. The molecule has 0 atom stereocenters. The summed E-state index contributed by atoms with van der Waals surface area (Å²) in [5.74, 6) is 1.28. The Balaban J connectivity index is 2.01. The van der Waals surface area contributed by atoms with Gasteiger partial charge in [-0.1, -0.05) is 6.92 Å². The molecule has 0 saturated carbocycles. The number of piperidine rings is 1. The Morgan fingerprint density at radius 3 is 2.72 bits per heavy atom. The summed E-state index contributed by atoms with van der Waals surface area (Å²) >= 11 is 0. The highest BCUT2D eigenvalue weighted by Gasteiger charge is 2.30. The number of nitrogens with zero attached hydrogens (tertiary/aromatic N) is 3. The zero-order valence-electron chi connectivity index (χ0n) is 10.8. The molecule has 7 heteroatoms. The molecule has 18 heavy (non-hydrogen) atoms. The zero-order valence-corrected chi connectivity index (χ0v) is 11.7. The van der Waals surface area contributed by atoms with E-state index >= 15 is 0 Å². The van der Waals surface area contributed by atoms with Gasteiger partial charge in [0.15, 0.2) is 0 Å². The summed E-state index contributed by atoms with van der Waals surface area (Å²) in [6.07, 6.45) is 5.19. The molecule has 6 nitrogen and oxygen atoms in total. The Hall–Kier alpha value is -0.920. The van der Waals surface area contributed by atoms with Crippen molar-refractivity contribution in [1.29, 1.82) is 0 Å². The van der Waals surface area contributed by atoms with Crippen LogP contribution in [-0.4, -0.2) is 47.1 Å². The minimum absolute atomic E-state index is 0.279. The molecule has 1 fully saturated rings. The lowest BCUT2D eigenvalue weighted by molar-refractivity contribution is 0.269. The lowest BCUT2D eigenvalue weighted by Gasteiger charge is -2.32. The van der Waals surface area contributed by atoms with Crippen LogP contribution in [0.1, 0.15) is 25.6 Å². The fourth-order valence-electron chi connectivity index (χ4n) is 2.09. The van der Waals surface area contributed by atoms with Crippen molar-refractivity contribution in [2.45, 2.75) is 26.3 Å². The molecule has 2 heterocycles. The van der Waals surface area contributed by atoms with Gasteiger partial charge in [0.1, 0.15) is 5.82 Å². The summed E-state index contributed by atoms with van der Waals surface area (Å²) < 4.78 is 27.6. The number of aromatic nitrogens is 2. The maximum atomic E-state index is 12.3. The Bertz CT molecular complexity index is 463. The summed E-state index contributed by atoms with van der Waals surface area (Å²) in [4.78, 5) is 6.96. The molecule has 0 radical (unpaired) electrons. The summed E-state index contributed by atoms with van der Waals surface area (Å²) in [5.41, 5.74) is 0. The van der Waals surface area contributed by atoms with Gasteiger partial charge in [0.05, 0.1) is 6.54 Å². The first kappa shape index (κ1) is 13.5. The standard InChI is InChI=1S/C11H20N4O2S/c1-10-3-7-15(8-4-10)18(16,17)14(2)9-11-12-5-6-13-11/h5-6,10H,3-4,7-9H2,1-2H3,(H,12,13). The Morgan fingerprint density at radius 1 is 1.50 bits per heavy atom. The highest BCUT2D eigenvalue weighted by Crippen LogP contribution is 2.20. The maximum absolute atomic E-state index is 12.3. The van der Waals surface area contributed by atoms with Crippen molar-refractivity contribution < 1.29 is 8.42 Å². The molecule has 2 rings (SSSR count). The average molecular weight is 272 g/mol. The molecule has 1 N–H and O–H groups in total. The second-order valence-electron chi connectivity index (χ2n) is 4.88. The minimum atomic E-state index is -3.35. The molecule has 1 aromatic rings. The van der Waals surface area contributed by atoms with Crippen LogP contribution in [0.25, 0.3) is 0 Å². The van der Waals surface area contributed by atoms with Gasteiger partial charge in [-0.05, 0) is 18.8 Å². The summed E-state index contributed by atoms with van der Waals surface area (Å²) in [6.45, 7) is 3.68. The fraction of sp³-hybridized carbons (Fsp3) is 0.727. The number of hydrogen-bond donors (Lipinski definition) is 1. The van der Waals surface area contributed by atoms with Crippen molar-refractivity contribution in [1.82, 2.24) is 18.6 Å². The van der Waals surface area contributed by atoms with E-state index in [1.807, 2.05) is 0 Å². The fourth-order valence-corrected chi connectivity index (χ4v) is 3.44. The summed E-state index contributed by atoms with van der Waals surface area (Å²) in [5, 5.41) is 0. The van der Waals surface area contributed by atoms with Crippen LogP contribution in [0.4, 0.5) is 0 Å². The molecule has 0 unspecified atom stereocenters. The predicted molar refractivity (Wildman–Crippen MR) is 68.9 cm³/mol. The minimum Gasteiger partial charge on any atom is -0.347 e. The SMILES string of the molecule is CC1CCN(S(=O)(=O)N(C)Cc2ncc[nH]2)CC1. The molecule has 0 amide bonds. The van der Waals surface area contributed by atoms with Crippen LogP contribution in [0.5, 0.6) is 0 Å². The molecule has 1 saturated heterocycles. The van der Waals surface area contributed by atoms with E-state index in [0.717, 1.165) is 12.8 Å². The van der Waals surface area contributed by atoms with E-state index in [2.05, 4.69) is 16.9 Å². The van der Waals surface area contributed by atoms with Gasteiger partial charge in [0.2, 0.25) is 0 Å². The molecule has 1 aliphatic heterocycles. The monoisotopic (exact) mass is 272 g/mol. The third-order valence-electron chi connectivity index (χ3n) is 3.39. The predicted octanol–water partition coefficient (Wildman–Crippen LogP) is 0.818. The maximum Gasteiger partial charge on any atom is 0.282 e. The first-order valence-electron chi connectivity index (χ1n) is 6.20. The van der Waals surface area contributed by atoms with E-state index in [9.17, 15) is 8.42 Å². The first-order valence-corrected chi connectivity index (χ1v) is 7.59. The molecule has 1 aromatic heterocycles. The van der Waals surface area contributed by atoms with Crippen LogP contribution in [0.3, 0.4) is 0 Å². The van der Waals surface area contributed by atoms with Crippen molar-refractivity contribution >= 4 is 10.2 Å². The Morgan fingerprint density at radius 2 is 2.17 bits per heavy atom. The van der Waals surface area contributed by atoms with Gasteiger partial charge in [-0.25, -0.2) is 4.98 Å². The van der Waals surface area contributed by atoms with Crippen LogP contribution >= 0.6 is 0 Å². The van der Waals surface area contributed by atoms with Crippen molar-refractivity contribution in [3.8, 4) is 0 Å². The highest BCUT2D eigenvalue weighted by atomic mass is 32.2. The van der Waals surface area contributed by atoms with Gasteiger partial charge in [-0.3, -0.25) is 0 Å². The van der Waals surface area contributed by atoms with Crippen molar-refractivity contribution in [3.63, 3.8) is 0 Å². The van der Waals surface area contributed by atoms with Crippen LogP contribution in [-0.2, 0) is 16.8 Å². The number of aromatic amines is 1. The summed E-state index contributed by atoms with van der Waals surface area (Å²) in [6, 6.07) is 0. The molecule has 0 aromatic carbocycles. The van der Waals surface area contributed by atoms with Crippen molar-refractivity contribution in [2.24, 2.45) is 5.92 Å². The van der Waals surface area contributed by atoms with Crippen LogP contribution < -0.4 is 0 Å². The normalized spacial score (nSPS) is 19.5. The topological polar surface area (TPSA) is 69.3 Å². The molecule has 0 spiro atoms. The molecule has 0 aliphatic carbocycles. The van der Waals surface area contributed by atoms with Gasteiger partial charge in [-0.2, -0.15) is 17.0 Å². The van der Waals surface area contributed by atoms with E-state index in [-0.39, 0.29) is 6.54 Å². The van der Waals surface area contributed by atoms with Crippen LogP contribution in [0.15, 0.2) is 12.4 Å². The van der Waals surface area contributed by atoms with Crippen LogP contribution in [0.2, 0.25) is 0 Å². The average Bonchev–Trinajstić information content (AvgIpc) is 2.82. The quantitative estimate of drug-likeness (QED) is 0.882. The number of rotatable bonds is 4. The summed E-state index contributed by atoms with van der Waals surface area (Å²) in [7, 11) is -1.76. The zero-order chi connectivity index (χ0) is 13.2. The van der Waals surface area contributed by atoms with E-state index < -0.39 is 10.2 Å². The molecule has 0 bridgehead atoms. The first-order chi connectivity index (χ1) is 8.50. The van der Waals surface area contributed by atoms with E-state index in [0.29, 0.717) is 24.8 Å². The van der Waals surface area contributed by atoms with E-state index in [1.165, 1.54) is 4.31 Å². The number of hydrogen-bond acceptors (Lipinski definition) is 3. The second-order valence-corrected chi connectivity index (χ2v) is 6.92. The van der Waals surface area contributed by atoms with Gasteiger partial charge < -0.3 is 4.98 Å². The Kier molecular flexibility index (Phi) is 4.04. The third kappa shape index (κ3) is 2.90.